The van der Waals surface area contributed by atoms with Gasteiger partial charge in [-0.3, -0.25) is 14.9 Å². The average Bonchev–Trinajstić information content (AvgIpc) is 2.45. The molecule has 21 heavy (non-hydrogen) atoms. The Morgan fingerprint density at radius 3 is 2.48 bits per heavy atom. The van der Waals surface area contributed by atoms with Crippen LogP contribution in [-0.4, -0.2) is 17.3 Å². The number of carbonyl (C=O) groups excluding carboxylic acids is 1. The fourth-order valence-corrected chi connectivity index (χ4v) is 2.05. The Morgan fingerprint density at radius 1 is 1.24 bits per heavy atom. The summed E-state index contributed by atoms with van der Waals surface area (Å²) in [5, 5.41) is 10.7. The zero-order valence-electron chi connectivity index (χ0n) is 11.2. The number of halogens is 1. The smallest absolute Gasteiger partial charge is 0.272 e. The summed E-state index contributed by atoms with van der Waals surface area (Å²) >= 11 is 3.30. The van der Waals surface area contributed by atoms with Gasteiger partial charge in [0.2, 0.25) is 0 Å². The summed E-state index contributed by atoms with van der Waals surface area (Å²) in [7, 11) is 0. The second-order valence-electron chi connectivity index (χ2n) is 4.42. The second kappa shape index (κ2) is 6.49. The van der Waals surface area contributed by atoms with E-state index in [2.05, 4.69) is 15.9 Å². The molecule has 0 aromatic heterocycles. The van der Waals surface area contributed by atoms with Crippen LogP contribution >= 0.6 is 15.9 Å². The van der Waals surface area contributed by atoms with E-state index in [1.165, 1.54) is 12.1 Å². The largest absolute Gasteiger partial charge is 0.485 e. The molecule has 0 heterocycles. The van der Waals surface area contributed by atoms with Crippen LogP contribution < -0.4 is 4.74 Å². The third-order valence-corrected chi connectivity index (χ3v) is 3.43. The number of Topliss-reactive ketones (excluding diaryl/α,β-unsaturated/α-hetero) is 1. The maximum absolute atomic E-state index is 11.9. The lowest BCUT2D eigenvalue weighted by atomic mass is 10.1. The van der Waals surface area contributed by atoms with E-state index in [-0.39, 0.29) is 18.1 Å². The Balaban J connectivity index is 2.03. The molecule has 0 unspecified atom stereocenters. The van der Waals surface area contributed by atoms with Crippen LogP contribution in [0, 0.1) is 17.0 Å². The molecule has 0 atom stereocenters. The molecule has 5 nitrogen and oxygen atoms in total. The topological polar surface area (TPSA) is 69.4 Å². The molecular formula is C15H12BrNO4. The molecule has 0 aliphatic rings. The maximum atomic E-state index is 11.9. The van der Waals surface area contributed by atoms with E-state index in [1.807, 2.05) is 0 Å². The molecule has 2 aromatic carbocycles. The zero-order chi connectivity index (χ0) is 15.4. The van der Waals surface area contributed by atoms with E-state index in [1.54, 1.807) is 37.3 Å². The zero-order valence-corrected chi connectivity index (χ0v) is 12.8. The molecular weight excluding hydrogens is 338 g/mol. The summed E-state index contributed by atoms with van der Waals surface area (Å²) in [6.07, 6.45) is 0. The van der Waals surface area contributed by atoms with Crippen molar-refractivity contribution in [2.24, 2.45) is 0 Å². The highest BCUT2D eigenvalue weighted by Crippen LogP contribution is 2.23. The molecule has 0 saturated carbocycles. The molecule has 0 fully saturated rings. The van der Waals surface area contributed by atoms with Crippen molar-refractivity contribution in [3.8, 4) is 5.75 Å². The Hall–Kier alpha value is -2.21. The quantitative estimate of drug-likeness (QED) is 0.465. The van der Waals surface area contributed by atoms with E-state index in [9.17, 15) is 14.9 Å². The molecule has 2 aromatic rings. The Labute approximate surface area is 129 Å². The van der Waals surface area contributed by atoms with E-state index >= 15 is 0 Å². The predicted octanol–water partition coefficient (Wildman–Crippen LogP) is 3.93. The van der Waals surface area contributed by atoms with Gasteiger partial charge in [0.1, 0.15) is 5.75 Å². The number of aryl methyl sites for hydroxylation is 1. The standard InChI is InChI=1S/C15H12BrNO4/c1-10-8-13(6-7-14(10)17(19)20)21-9-15(18)11-2-4-12(16)5-3-11/h2-8H,9H2,1H3. The summed E-state index contributed by atoms with van der Waals surface area (Å²) in [5.41, 5.74) is 1.08. The van der Waals surface area contributed by atoms with E-state index < -0.39 is 4.92 Å². The van der Waals surface area contributed by atoms with E-state index in [4.69, 9.17) is 4.74 Å². The maximum Gasteiger partial charge on any atom is 0.272 e. The molecule has 108 valence electrons. The third-order valence-electron chi connectivity index (χ3n) is 2.90. The van der Waals surface area contributed by atoms with Crippen LogP contribution in [0.1, 0.15) is 15.9 Å². The highest BCUT2D eigenvalue weighted by atomic mass is 79.9. The van der Waals surface area contributed by atoms with Crippen LogP contribution in [0.15, 0.2) is 46.9 Å². The van der Waals surface area contributed by atoms with E-state index in [0.717, 1.165) is 4.47 Å². The second-order valence-corrected chi connectivity index (χ2v) is 5.34. The lowest BCUT2D eigenvalue weighted by Crippen LogP contribution is -2.11. The molecule has 0 saturated heterocycles. The van der Waals surface area contributed by atoms with Crippen molar-refractivity contribution in [2.75, 3.05) is 6.61 Å². The number of ether oxygens (including phenoxy) is 1. The minimum Gasteiger partial charge on any atom is -0.485 e. The number of carbonyl (C=O) groups is 1. The van der Waals surface area contributed by atoms with Crippen molar-refractivity contribution in [2.45, 2.75) is 6.92 Å². The van der Waals surface area contributed by atoms with Gasteiger partial charge < -0.3 is 4.74 Å². The van der Waals surface area contributed by atoms with Gasteiger partial charge in [0.05, 0.1) is 4.92 Å². The lowest BCUT2D eigenvalue weighted by Gasteiger charge is -2.07. The summed E-state index contributed by atoms with van der Waals surface area (Å²) < 4.78 is 6.28. The first-order chi connectivity index (χ1) is 9.97. The van der Waals surface area contributed by atoms with Crippen molar-refractivity contribution in [3.63, 3.8) is 0 Å². The molecule has 0 aliphatic heterocycles. The van der Waals surface area contributed by atoms with Gasteiger partial charge in [-0.1, -0.05) is 28.1 Å². The van der Waals surface area contributed by atoms with Gasteiger partial charge in [-0.25, -0.2) is 0 Å². The molecule has 0 N–H and O–H groups in total. The van der Waals surface area contributed by atoms with Crippen molar-refractivity contribution in [3.05, 3.63) is 68.2 Å². The molecule has 0 spiro atoms. The van der Waals surface area contributed by atoms with Crippen LogP contribution in [-0.2, 0) is 0 Å². The number of nitro groups is 1. The average molecular weight is 350 g/mol. The first-order valence-electron chi connectivity index (χ1n) is 6.14. The van der Waals surface area contributed by atoms with Crippen molar-refractivity contribution in [1.29, 1.82) is 0 Å². The minimum atomic E-state index is -0.452. The SMILES string of the molecule is Cc1cc(OCC(=O)c2ccc(Br)cc2)ccc1[N+](=O)[O-]. The monoisotopic (exact) mass is 349 g/mol. The Bertz CT molecular complexity index is 683. The van der Waals surface area contributed by atoms with Gasteiger partial charge in [-0.2, -0.15) is 0 Å². The van der Waals surface area contributed by atoms with Crippen molar-refractivity contribution < 1.29 is 14.5 Å². The molecule has 2 rings (SSSR count). The molecule has 0 radical (unpaired) electrons. The van der Waals surface area contributed by atoms with Crippen LogP contribution in [0.4, 0.5) is 5.69 Å². The Kier molecular flexibility index (Phi) is 4.70. The number of hydrogen-bond acceptors (Lipinski definition) is 4. The molecule has 0 bridgehead atoms. The number of hydrogen-bond donors (Lipinski definition) is 0. The van der Waals surface area contributed by atoms with Gasteiger partial charge in [-0.05, 0) is 31.2 Å². The minimum absolute atomic E-state index is 0.0292. The third kappa shape index (κ3) is 3.88. The van der Waals surface area contributed by atoms with Crippen LogP contribution in [0.5, 0.6) is 5.75 Å². The normalized spacial score (nSPS) is 10.2. The molecule has 6 heteroatoms. The van der Waals surface area contributed by atoms with Crippen molar-refractivity contribution in [1.82, 2.24) is 0 Å². The number of nitro benzene ring substituents is 1. The van der Waals surface area contributed by atoms with Gasteiger partial charge in [0.25, 0.3) is 5.69 Å². The first-order valence-corrected chi connectivity index (χ1v) is 6.93. The predicted molar refractivity (Wildman–Crippen MR) is 81.8 cm³/mol. The van der Waals surface area contributed by atoms with Crippen LogP contribution in [0.3, 0.4) is 0 Å². The van der Waals surface area contributed by atoms with Crippen molar-refractivity contribution >= 4 is 27.4 Å². The highest BCUT2D eigenvalue weighted by molar-refractivity contribution is 9.10. The number of nitrogens with zero attached hydrogens (tertiary/aromatic N) is 1. The summed E-state index contributed by atoms with van der Waals surface area (Å²) in [6.45, 7) is 1.51. The van der Waals surface area contributed by atoms with Gasteiger partial charge in [-0.15, -0.1) is 0 Å². The number of benzene rings is 2. The molecule has 0 amide bonds. The highest BCUT2D eigenvalue weighted by Gasteiger charge is 2.12. The summed E-state index contributed by atoms with van der Waals surface area (Å²) in [4.78, 5) is 22.2. The number of rotatable bonds is 5. The van der Waals surface area contributed by atoms with Gasteiger partial charge in [0, 0.05) is 21.7 Å². The fourth-order valence-electron chi connectivity index (χ4n) is 1.79. The van der Waals surface area contributed by atoms with Gasteiger partial charge in [0.15, 0.2) is 12.4 Å². The number of ketones is 1. The van der Waals surface area contributed by atoms with Crippen LogP contribution in [0.2, 0.25) is 0 Å². The van der Waals surface area contributed by atoms with E-state index in [0.29, 0.717) is 16.9 Å². The van der Waals surface area contributed by atoms with Gasteiger partial charge >= 0.3 is 0 Å². The lowest BCUT2D eigenvalue weighted by molar-refractivity contribution is -0.385. The van der Waals surface area contributed by atoms with Crippen LogP contribution in [0.25, 0.3) is 0 Å². The fraction of sp³-hybridized carbons (Fsp3) is 0.133. The summed E-state index contributed by atoms with van der Waals surface area (Å²) in [6, 6.07) is 11.4. The Morgan fingerprint density at radius 2 is 1.90 bits per heavy atom. The first kappa shape index (κ1) is 15.2. The molecule has 0 aliphatic carbocycles. The summed E-state index contributed by atoms with van der Waals surface area (Å²) in [5.74, 6) is 0.280.